The molecule has 0 radical (unpaired) electrons. The molecule has 90 valence electrons. The summed E-state index contributed by atoms with van der Waals surface area (Å²) in [6.07, 6.45) is 0. The summed E-state index contributed by atoms with van der Waals surface area (Å²) in [5, 5.41) is 0. The van der Waals surface area contributed by atoms with Crippen LogP contribution >= 0.6 is 0 Å². The number of hydrogen-bond donors (Lipinski definition) is 2. The summed E-state index contributed by atoms with van der Waals surface area (Å²) >= 11 is 0. The third kappa shape index (κ3) is 2.74. The van der Waals surface area contributed by atoms with Gasteiger partial charge in [0.15, 0.2) is 6.04 Å². The molecule has 0 spiro atoms. The number of methoxy groups -OCH3 is 1. The fourth-order valence-corrected chi connectivity index (χ4v) is 2.28. The van der Waals surface area contributed by atoms with E-state index in [1.165, 1.54) is 5.56 Å². The number of rotatable bonds is 6. The first-order chi connectivity index (χ1) is 7.78. The summed E-state index contributed by atoms with van der Waals surface area (Å²) in [7, 11) is 1.73. The van der Waals surface area contributed by atoms with Crippen LogP contribution < -0.4 is 15.4 Å². The van der Waals surface area contributed by atoms with E-state index in [0.717, 1.165) is 25.4 Å². The van der Waals surface area contributed by atoms with E-state index in [1.54, 1.807) is 12.0 Å². The first-order valence-corrected chi connectivity index (χ1v) is 6.05. The van der Waals surface area contributed by atoms with E-state index in [2.05, 4.69) is 31.7 Å². The van der Waals surface area contributed by atoms with E-state index < -0.39 is 0 Å². The zero-order valence-electron chi connectivity index (χ0n) is 10.6. The van der Waals surface area contributed by atoms with E-state index in [-0.39, 0.29) is 0 Å². The summed E-state index contributed by atoms with van der Waals surface area (Å²) in [5.74, 6) is 0.982. The predicted octanol–water partition coefficient (Wildman–Crippen LogP) is -0.0971. The standard InChI is InChI=1S/C13H22N2O/c1-4-15(5-2)12(10-14)11-8-6-7-9-13(11)16-3/h6-9,12H,4-5,10,14H2,1-3H3/p+2/t12-/m0/s1. The van der Waals surface area contributed by atoms with Crippen molar-refractivity contribution in [1.29, 1.82) is 0 Å². The van der Waals surface area contributed by atoms with Crippen molar-refractivity contribution < 1.29 is 15.4 Å². The van der Waals surface area contributed by atoms with Crippen LogP contribution in [0.15, 0.2) is 24.3 Å². The van der Waals surface area contributed by atoms with Gasteiger partial charge in [0.1, 0.15) is 12.3 Å². The molecule has 1 aromatic carbocycles. The number of para-hydroxylation sites is 1. The fraction of sp³-hybridized carbons (Fsp3) is 0.538. The van der Waals surface area contributed by atoms with Gasteiger partial charge in [-0.1, -0.05) is 12.1 Å². The Labute approximate surface area is 98.2 Å². The van der Waals surface area contributed by atoms with Gasteiger partial charge in [-0.05, 0) is 26.0 Å². The lowest BCUT2D eigenvalue weighted by molar-refractivity contribution is -0.934. The van der Waals surface area contributed by atoms with Crippen LogP contribution in [0.25, 0.3) is 0 Å². The first kappa shape index (κ1) is 13.0. The van der Waals surface area contributed by atoms with E-state index in [0.29, 0.717) is 6.04 Å². The van der Waals surface area contributed by atoms with Gasteiger partial charge in [0.25, 0.3) is 0 Å². The SMILES string of the molecule is CC[NH+](CC)[C@@H](C[NH3+])c1ccccc1OC. The molecular weight excluding hydrogens is 200 g/mol. The molecule has 0 aliphatic carbocycles. The molecule has 0 amide bonds. The highest BCUT2D eigenvalue weighted by atomic mass is 16.5. The minimum Gasteiger partial charge on any atom is -0.496 e. The molecule has 0 unspecified atom stereocenters. The Morgan fingerprint density at radius 1 is 1.25 bits per heavy atom. The molecule has 0 bridgehead atoms. The smallest absolute Gasteiger partial charge is 0.166 e. The molecule has 0 aliphatic heterocycles. The average Bonchev–Trinajstić information content (AvgIpc) is 2.35. The van der Waals surface area contributed by atoms with Gasteiger partial charge < -0.3 is 15.4 Å². The van der Waals surface area contributed by atoms with Crippen molar-refractivity contribution in [1.82, 2.24) is 0 Å². The summed E-state index contributed by atoms with van der Waals surface area (Å²) in [6, 6.07) is 8.70. The lowest BCUT2D eigenvalue weighted by Gasteiger charge is -2.25. The van der Waals surface area contributed by atoms with E-state index in [9.17, 15) is 0 Å². The maximum atomic E-state index is 5.43. The third-order valence-corrected chi connectivity index (χ3v) is 3.20. The zero-order chi connectivity index (χ0) is 12.0. The first-order valence-electron chi connectivity index (χ1n) is 6.05. The van der Waals surface area contributed by atoms with Gasteiger partial charge in [-0.3, -0.25) is 0 Å². The van der Waals surface area contributed by atoms with Crippen LogP contribution in [0.3, 0.4) is 0 Å². The molecule has 0 heterocycles. The monoisotopic (exact) mass is 224 g/mol. The highest BCUT2D eigenvalue weighted by molar-refractivity contribution is 5.34. The molecule has 0 aliphatic rings. The Hall–Kier alpha value is -1.06. The number of ether oxygens (including phenoxy) is 1. The van der Waals surface area contributed by atoms with Crippen molar-refractivity contribution >= 4 is 0 Å². The van der Waals surface area contributed by atoms with Crippen molar-refractivity contribution in [2.24, 2.45) is 0 Å². The molecule has 0 aromatic heterocycles. The Kier molecular flexibility index (Phi) is 5.29. The lowest BCUT2D eigenvalue weighted by atomic mass is 10.0. The maximum Gasteiger partial charge on any atom is 0.166 e. The maximum absolute atomic E-state index is 5.43. The number of nitrogens with one attached hydrogen (secondary N) is 1. The van der Waals surface area contributed by atoms with Gasteiger partial charge in [-0.2, -0.15) is 0 Å². The van der Waals surface area contributed by atoms with E-state index in [4.69, 9.17) is 4.74 Å². The normalized spacial score (nSPS) is 12.8. The molecule has 3 nitrogen and oxygen atoms in total. The van der Waals surface area contributed by atoms with Crippen LogP contribution in [-0.4, -0.2) is 26.7 Å². The van der Waals surface area contributed by atoms with Crippen LogP contribution in [0.5, 0.6) is 5.75 Å². The van der Waals surface area contributed by atoms with Crippen molar-refractivity contribution in [2.45, 2.75) is 19.9 Å². The molecule has 1 atom stereocenters. The fourth-order valence-electron chi connectivity index (χ4n) is 2.28. The van der Waals surface area contributed by atoms with E-state index in [1.807, 2.05) is 12.1 Å². The van der Waals surface area contributed by atoms with Gasteiger partial charge in [0, 0.05) is 0 Å². The molecule has 0 fully saturated rings. The van der Waals surface area contributed by atoms with Crippen LogP contribution in [0, 0.1) is 0 Å². The van der Waals surface area contributed by atoms with Crippen molar-refractivity contribution in [3.05, 3.63) is 29.8 Å². The number of likely N-dealkylation sites (N-methyl/N-ethyl adjacent to an activating group) is 1. The second-order valence-corrected chi connectivity index (χ2v) is 3.95. The summed E-state index contributed by atoms with van der Waals surface area (Å²) in [5.41, 5.74) is 5.35. The van der Waals surface area contributed by atoms with Crippen LogP contribution in [0.1, 0.15) is 25.5 Å². The predicted molar refractivity (Wildman–Crippen MR) is 65.5 cm³/mol. The molecule has 4 N–H and O–H groups in total. The minimum atomic E-state index is 0.436. The Balaban J connectivity index is 3.02. The molecule has 3 heteroatoms. The Bertz CT molecular complexity index is 311. The van der Waals surface area contributed by atoms with Crippen LogP contribution in [-0.2, 0) is 0 Å². The van der Waals surface area contributed by atoms with Gasteiger partial charge in [-0.15, -0.1) is 0 Å². The van der Waals surface area contributed by atoms with Gasteiger partial charge in [0.2, 0.25) is 0 Å². The molecule has 0 saturated heterocycles. The van der Waals surface area contributed by atoms with Crippen molar-refractivity contribution in [3.63, 3.8) is 0 Å². The molecular formula is C13H24N2O+2. The van der Waals surface area contributed by atoms with Crippen molar-refractivity contribution in [2.75, 3.05) is 26.7 Å². The van der Waals surface area contributed by atoms with Crippen LogP contribution in [0.4, 0.5) is 0 Å². The number of hydrogen-bond acceptors (Lipinski definition) is 1. The third-order valence-electron chi connectivity index (χ3n) is 3.20. The van der Waals surface area contributed by atoms with E-state index >= 15 is 0 Å². The summed E-state index contributed by atoms with van der Waals surface area (Å²) < 4.78 is 5.43. The minimum absolute atomic E-state index is 0.436. The van der Waals surface area contributed by atoms with Gasteiger partial charge in [-0.25, -0.2) is 0 Å². The second-order valence-electron chi connectivity index (χ2n) is 3.95. The molecule has 1 aromatic rings. The summed E-state index contributed by atoms with van der Waals surface area (Å²) in [4.78, 5) is 1.56. The van der Waals surface area contributed by atoms with Gasteiger partial charge in [0.05, 0.1) is 25.8 Å². The largest absolute Gasteiger partial charge is 0.496 e. The molecule has 1 rings (SSSR count). The highest BCUT2D eigenvalue weighted by Crippen LogP contribution is 2.21. The van der Waals surface area contributed by atoms with Crippen molar-refractivity contribution in [3.8, 4) is 5.75 Å². The highest BCUT2D eigenvalue weighted by Gasteiger charge is 2.24. The average molecular weight is 224 g/mol. The Morgan fingerprint density at radius 3 is 2.38 bits per heavy atom. The Morgan fingerprint density at radius 2 is 1.88 bits per heavy atom. The van der Waals surface area contributed by atoms with Crippen LogP contribution in [0.2, 0.25) is 0 Å². The molecule has 0 saturated carbocycles. The van der Waals surface area contributed by atoms with Gasteiger partial charge >= 0.3 is 0 Å². The summed E-state index contributed by atoms with van der Waals surface area (Å²) in [6.45, 7) is 7.58. The second kappa shape index (κ2) is 6.51. The number of quaternary nitrogens is 2. The lowest BCUT2D eigenvalue weighted by Crippen LogP contribution is -3.13. The molecule has 16 heavy (non-hydrogen) atoms. The topological polar surface area (TPSA) is 41.3 Å². The quantitative estimate of drug-likeness (QED) is 0.696. The number of benzene rings is 1. The zero-order valence-corrected chi connectivity index (χ0v) is 10.6.